The molecule has 6 heteroatoms. The van der Waals surface area contributed by atoms with Crippen molar-refractivity contribution in [2.75, 3.05) is 13.1 Å². The van der Waals surface area contributed by atoms with Gasteiger partial charge in [0, 0.05) is 31.8 Å². The lowest BCUT2D eigenvalue weighted by Crippen LogP contribution is -2.29. The molecule has 0 radical (unpaired) electrons. The molecule has 0 saturated carbocycles. The molecule has 138 valence electrons. The maximum absolute atomic E-state index is 14.0. The summed E-state index contributed by atoms with van der Waals surface area (Å²) in [6.07, 6.45) is 1.26. The van der Waals surface area contributed by atoms with Gasteiger partial charge in [0.2, 0.25) is 5.91 Å². The van der Waals surface area contributed by atoms with Crippen LogP contribution >= 0.6 is 0 Å². The normalized spacial score (nSPS) is 16.8. The summed E-state index contributed by atoms with van der Waals surface area (Å²) in [5, 5.41) is 0. The van der Waals surface area contributed by atoms with Crippen LogP contribution in [0.1, 0.15) is 30.0 Å². The largest absolute Gasteiger partial charge is 0.342 e. The van der Waals surface area contributed by atoms with Crippen LogP contribution in [0.15, 0.2) is 53.3 Å². The summed E-state index contributed by atoms with van der Waals surface area (Å²) >= 11 is 0. The predicted octanol–water partition coefficient (Wildman–Crippen LogP) is 3.01. The first-order chi connectivity index (χ1) is 13.1. The molecule has 0 bridgehead atoms. The van der Waals surface area contributed by atoms with Crippen molar-refractivity contribution in [2.45, 2.75) is 25.2 Å². The van der Waals surface area contributed by atoms with Gasteiger partial charge in [-0.3, -0.25) is 9.59 Å². The Bertz CT molecular complexity index is 1050. The molecule has 1 amide bonds. The number of halogens is 1. The van der Waals surface area contributed by atoms with E-state index < -0.39 is 0 Å². The van der Waals surface area contributed by atoms with Crippen LogP contribution in [0.4, 0.5) is 4.39 Å². The van der Waals surface area contributed by atoms with Gasteiger partial charge in [0.1, 0.15) is 11.5 Å². The summed E-state index contributed by atoms with van der Waals surface area (Å²) in [4.78, 5) is 33.6. The predicted molar refractivity (Wildman–Crippen MR) is 101 cm³/mol. The molecule has 4 rings (SSSR count). The van der Waals surface area contributed by atoms with Crippen LogP contribution in [0.3, 0.4) is 0 Å². The van der Waals surface area contributed by atoms with Crippen LogP contribution in [0.2, 0.25) is 0 Å². The second kappa shape index (κ2) is 7.31. The number of rotatable bonds is 4. The van der Waals surface area contributed by atoms with Crippen LogP contribution in [0, 0.1) is 5.82 Å². The number of amides is 1. The number of aryl methyl sites for hydroxylation is 1. The van der Waals surface area contributed by atoms with Gasteiger partial charge in [-0.05, 0) is 30.2 Å². The molecular weight excluding hydrogens is 345 g/mol. The smallest absolute Gasteiger partial charge is 0.270 e. The molecule has 1 saturated heterocycles. The number of aromatic nitrogens is 2. The Morgan fingerprint density at radius 3 is 2.81 bits per heavy atom. The van der Waals surface area contributed by atoms with E-state index >= 15 is 0 Å². The minimum Gasteiger partial charge on any atom is -0.342 e. The lowest BCUT2D eigenvalue weighted by atomic mass is 9.98. The highest BCUT2D eigenvalue weighted by Crippen LogP contribution is 2.29. The summed E-state index contributed by atoms with van der Waals surface area (Å²) in [7, 11) is 0. The number of carbonyl (C=O) groups is 1. The number of aromatic amines is 1. The van der Waals surface area contributed by atoms with Gasteiger partial charge in [0.05, 0.1) is 11.0 Å². The van der Waals surface area contributed by atoms with Crippen molar-refractivity contribution in [3.05, 3.63) is 76.0 Å². The highest BCUT2D eigenvalue weighted by Gasteiger charge is 2.28. The molecule has 1 N–H and O–H groups in total. The van der Waals surface area contributed by atoms with Crippen molar-refractivity contribution in [1.29, 1.82) is 0 Å². The number of nitrogens with one attached hydrogen (secondary N) is 1. The molecule has 1 aromatic heterocycles. The quantitative estimate of drug-likeness (QED) is 0.773. The minimum absolute atomic E-state index is 0.0248. The molecule has 1 aliphatic heterocycles. The lowest BCUT2D eigenvalue weighted by molar-refractivity contribution is -0.130. The highest BCUT2D eigenvalue weighted by atomic mass is 19.1. The SMILES string of the molecule is O=C(CCc1nc2ccccc2[nH]c1=O)N1CC[C@@H](c2ccccc2F)C1. The average Bonchev–Trinajstić information content (AvgIpc) is 3.16. The summed E-state index contributed by atoms with van der Waals surface area (Å²) in [5.74, 6) is -0.218. The molecule has 2 heterocycles. The molecule has 0 unspecified atom stereocenters. The van der Waals surface area contributed by atoms with Crippen molar-refractivity contribution in [3.8, 4) is 0 Å². The molecule has 1 atom stereocenters. The minimum atomic E-state index is -0.257. The molecular formula is C21H20FN3O2. The molecule has 27 heavy (non-hydrogen) atoms. The average molecular weight is 365 g/mol. The van der Waals surface area contributed by atoms with Gasteiger partial charge in [-0.1, -0.05) is 30.3 Å². The van der Waals surface area contributed by atoms with Crippen LogP contribution in [0.25, 0.3) is 11.0 Å². The number of benzene rings is 2. The van der Waals surface area contributed by atoms with Crippen LogP contribution in [0.5, 0.6) is 0 Å². The van der Waals surface area contributed by atoms with Gasteiger partial charge in [0.25, 0.3) is 5.56 Å². The van der Waals surface area contributed by atoms with Gasteiger partial charge in [-0.2, -0.15) is 0 Å². The molecule has 5 nitrogen and oxygen atoms in total. The standard InChI is InChI=1S/C21H20FN3O2/c22-16-6-2-1-5-15(16)14-11-12-25(13-14)20(26)10-9-19-21(27)24-18-8-4-3-7-17(18)23-19/h1-8,14H,9-13H2,(H,24,27)/t14-/m1/s1. The number of H-pyrrole nitrogens is 1. The Morgan fingerprint density at radius 1 is 1.19 bits per heavy atom. The zero-order chi connectivity index (χ0) is 18.8. The van der Waals surface area contributed by atoms with Crippen molar-refractivity contribution >= 4 is 16.9 Å². The van der Waals surface area contributed by atoms with Crippen LogP contribution < -0.4 is 5.56 Å². The fraction of sp³-hybridized carbons (Fsp3) is 0.286. The first-order valence-electron chi connectivity index (χ1n) is 9.12. The number of carbonyl (C=O) groups excluding carboxylic acids is 1. The van der Waals surface area contributed by atoms with E-state index in [1.807, 2.05) is 24.3 Å². The van der Waals surface area contributed by atoms with E-state index in [-0.39, 0.29) is 29.6 Å². The zero-order valence-electron chi connectivity index (χ0n) is 14.8. The first kappa shape index (κ1) is 17.4. The summed E-state index contributed by atoms with van der Waals surface area (Å²) in [5.41, 5.74) is 2.17. The van der Waals surface area contributed by atoms with Crippen molar-refractivity contribution < 1.29 is 9.18 Å². The number of hydrogen-bond donors (Lipinski definition) is 1. The molecule has 2 aromatic carbocycles. The second-order valence-electron chi connectivity index (χ2n) is 6.88. The third-order valence-electron chi connectivity index (χ3n) is 5.13. The molecule has 0 aliphatic carbocycles. The van der Waals surface area contributed by atoms with E-state index in [4.69, 9.17) is 0 Å². The Morgan fingerprint density at radius 2 is 1.96 bits per heavy atom. The second-order valence-corrected chi connectivity index (χ2v) is 6.88. The van der Waals surface area contributed by atoms with Gasteiger partial charge >= 0.3 is 0 Å². The maximum Gasteiger partial charge on any atom is 0.270 e. The molecule has 3 aromatic rings. The molecule has 1 fully saturated rings. The van der Waals surface area contributed by atoms with E-state index in [1.54, 1.807) is 23.1 Å². The highest BCUT2D eigenvalue weighted by molar-refractivity contribution is 5.77. The van der Waals surface area contributed by atoms with Crippen LogP contribution in [-0.2, 0) is 11.2 Å². The summed E-state index contributed by atoms with van der Waals surface area (Å²) in [6.45, 7) is 1.13. The van der Waals surface area contributed by atoms with Gasteiger partial charge in [-0.25, -0.2) is 9.37 Å². The maximum atomic E-state index is 14.0. The van der Waals surface area contributed by atoms with Crippen molar-refractivity contribution in [2.24, 2.45) is 0 Å². The monoisotopic (exact) mass is 365 g/mol. The van der Waals surface area contributed by atoms with Crippen molar-refractivity contribution in [3.63, 3.8) is 0 Å². The van der Waals surface area contributed by atoms with E-state index in [0.717, 1.165) is 6.42 Å². The van der Waals surface area contributed by atoms with Gasteiger partial charge in [-0.15, -0.1) is 0 Å². The number of nitrogens with zero attached hydrogens (tertiary/aromatic N) is 2. The van der Waals surface area contributed by atoms with Gasteiger partial charge < -0.3 is 9.88 Å². The van der Waals surface area contributed by atoms with E-state index in [0.29, 0.717) is 41.8 Å². The van der Waals surface area contributed by atoms with Crippen LogP contribution in [-0.4, -0.2) is 33.9 Å². The first-order valence-corrected chi connectivity index (χ1v) is 9.12. The lowest BCUT2D eigenvalue weighted by Gasteiger charge is -2.17. The third kappa shape index (κ3) is 3.60. The number of fused-ring (bicyclic) bond motifs is 1. The molecule has 1 aliphatic rings. The number of likely N-dealkylation sites (tertiary alicyclic amines) is 1. The van der Waals surface area contributed by atoms with E-state index in [2.05, 4.69) is 9.97 Å². The topological polar surface area (TPSA) is 66.1 Å². The summed E-state index contributed by atoms with van der Waals surface area (Å²) in [6, 6.07) is 14.1. The van der Waals surface area contributed by atoms with Crippen molar-refractivity contribution in [1.82, 2.24) is 14.9 Å². The Balaban J connectivity index is 1.41. The Hall–Kier alpha value is -3.02. The van der Waals surface area contributed by atoms with Gasteiger partial charge in [0.15, 0.2) is 0 Å². The number of para-hydroxylation sites is 2. The Kier molecular flexibility index (Phi) is 4.71. The Labute approximate surface area is 155 Å². The summed E-state index contributed by atoms with van der Waals surface area (Å²) < 4.78 is 14.0. The van der Waals surface area contributed by atoms with E-state index in [1.165, 1.54) is 6.07 Å². The third-order valence-corrected chi connectivity index (χ3v) is 5.13. The fourth-order valence-corrected chi connectivity index (χ4v) is 3.67. The zero-order valence-corrected chi connectivity index (χ0v) is 14.8. The van der Waals surface area contributed by atoms with E-state index in [9.17, 15) is 14.0 Å². The number of hydrogen-bond acceptors (Lipinski definition) is 3. The molecule has 0 spiro atoms. The fourth-order valence-electron chi connectivity index (χ4n) is 3.67.